The van der Waals surface area contributed by atoms with Crippen LogP contribution in [0.2, 0.25) is 0 Å². The van der Waals surface area contributed by atoms with Crippen molar-refractivity contribution in [1.29, 1.82) is 0 Å². The number of benzene rings is 2. The van der Waals surface area contributed by atoms with E-state index in [0.29, 0.717) is 0 Å². The second-order valence-electron chi connectivity index (χ2n) is 4.67. The topological polar surface area (TPSA) is 73.7 Å². The van der Waals surface area contributed by atoms with E-state index in [1.165, 1.54) is 6.21 Å². The van der Waals surface area contributed by atoms with Crippen LogP contribution in [0.1, 0.15) is 11.1 Å². The van der Waals surface area contributed by atoms with Crippen LogP contribution in [0.15, 0.2) is 47.6 Å². The fourth-order valence-electron chi connectivity index (χ4n) is 1.77. The summed E-state index contributed by atoms with van der Waals surface area (Å²) in [6.07, 6.45) is 1.53. The van der Waals surface area contributed by atoms with Gasteiger partial charge in [0.25, 0.3) is 5.91 Å². The average molecular weight is 409 g/mol. The lowest BCUT2D eigenvalue weighted by Crippen LogP contribution is -2.26. The first-order valence-corrected chi connectivity index (χ1v) is 7.74. The summed E-state index contributed by atoms with van der Waals surface area (Å²) in [7, 11) is 0. The number of phenolic OH excluding ortho intramolecular Hbond substituents is 1. The van der Waals surface area contributed by atoms with Gasteiger partial charge in [-0.1, -0.05) is 18.2 Å². The highest BCUT2D eigenvalue weighted by Crippen LogP contribution is 2.19. The Hall–Kier alpha value is -2.09. The highest BCUT2D eigenvalue weighted by Gasteiger charge is 2.01. The van der Waals surface area contributed by atoms with Crippen LogP contribution >= 0.6 is 22.6 Å². The van der Waals surface area contributed by atoms with Crippen LogP contribution in [-0.2, 0) is 4.79 Å². The normalized spacial score (nSPS) is 10.6. The fraction of sp³-hybridized carbons (Fsp3) is 0.125. The van der Waals surface area contributed by atoms with Gasteiger partial charge in [-0.3, -0.25) is 4.79 Å². The predicted octanol–water partition coefficient (Wildman–Crippen LogP) is 2.87. The number of para-hydroxylation sites is 1. The number of halogens is 1. The van der Waals surface area contributed by atoms with Crippen LogP contribution in [-0.4, -0.2) is 23.8 Å². The van der Waals surface area contributed by atoms with Crippen molar-refractivity contribution >= 4 is 40.4 Å². The van der Waals surface area contributed by atoms with Gasteiger partial charge in [0.05, 0.1) is 16.3 Å². The van der Waals surface area contributed by atoms with Crippen molar-refractivity contribution in [2.24, 2.45) is 5.10 Å². The van der Waals surface area contributed by atoms with E-state index in [-0.39, 0.29) is 18.2 Å². The molecule has 0 heterocycles. The lowest BCUT2D eigenvalue weighted by Gasteiger charge is -2.07. The van der Waals surface area contributed by atoms with Gasteiger partial charge in [-0.2, -0.15) is 5.10 Å². The van der Waals surface area contributed by atoms with Crippen LogP contribution < -0.4 is 10.7 Å². The molecule has 0 saturated heterocycles. The molecule has 2 aromatic carbocycles. The van der Waals surface area contributed by atoms with E-state index in [1.54, 1.807) is 18.2 Å². The number of rotatable bonds is 5. The molecular formula is C16H16IN3O2. The summed E-state index contributed by atoms with van der Waals surface area (Å²) < 4.78 is 0.731. The molecule has 0 unspecified atom stereocenters. The lowest BCUT2D eigenvalue weighted by atomic mass is 10.2. The van der Waals surface area contributed by atoms with E-state index in [9.17, 15) is 9.90 Å². The van der Waals surface area contributed by atoms with Crippen molar-refractivity contribution in [1.82, 2.24) is 5.43 Å². The van der Waals surface area contributed by atoms with Crippen LogP contribution in [0.5, 0.6) is 5.75 Å². The molecule has 0 aliphatic carbocycles. The predicted molar refractivity (Wildman–Crippen MR) is 96.2 cm³/mol. The van der Waals surface area contributed by atoms with Crippen LogP contribution in [0.3, 0.4) is 0 Å². The first-order valence-electron chi connectivity index (χ1n) is 6.66. The van der Waals surface area contributed by atoms with Gasteiger partial charge in [0.15, 0.2) is 0 Å². The van der Waals surface area contributed by atoms with E-state index >= 15 is 0 Å². The van der Waals surface area contributed by atoms with Gasteiger partial charge in [0, 0.05) is 5.69 Å². The number of aryl methyl sites for hydroxylation is 1. The minimum Gasteiger partial charge on any atom is -0.507 e. The highest BCUT2D eigenvalue weighted by atomic mass is 127. The number of hydrogen-bond acceptors (Lipinski definition) is 4. The van der Waals surface area contributed by atoms with Crippen molar-refractivity contribution in [2.75, 3.05) is 11.9 Å². The Balaban J connectivity index is 1.83. The maximum absolute atomic E-state index is 11.7. The maximum atomic E-state index is 11.7. The van der Waals surface area contributed by atoms with Gasteiger partial charge in [-0.25, -0.2) is 5.43 Å². The first-order chi connectivity index (χ1) is 10.6. The summed E-state index contributed by atoms with van der Waals surface area (Å²) >= 11 is 2.03. The summed E-state index contributed by atoms with van der Waals surface area (Å²) in [5.74, 6) is -0.00260. The number of hydrogen-bond donors (Lipinski definition) is 3. The van der Waals surface area contributed by atoms with Gasteiger partial charge in [0.1, 0.15) is 5.75 Å². The van der Waals surface area contributed by atoms with Crippen LogP contribution in [0, 0.1) is 10.5 Å². The molecule has 22 heavy (non-hydrogen) atoms. The number of anilines is 1. The molecule has 0 fully saturated rings. The highest BCUT2D eigenvalue weighted by molar-refractivity contribution is 14.1. The van der Waals surface area contributed by atoms with E-state index in [4.69, 9.17) is 0 Å². The quantitative estimate of drug-likeness (QED) is 0.404. The van der Waals surface area contributed by atoms with Crippen molar-refractivity contribution in [3.63, 3.8) is 0 Å². The van der Waals surface area contributed by atoms with Gasteiger partial charge < -0.3 is 10.4 Å². The number of carbonyl (C=O) groups excluding carboxylic acids is 1. The fourth-order valence-corrected chi connectivity index (χ4v) is 2.31. The molecular weight excluding hydrogens is 393 g/mol. The Morgan fingerprint density at radius 2 is 2.09 bits per heavy atom. The third-order valence-corrected chi connectivity index (χ3v) is 3.82. The second kappa shape index (κ2) is 7.79. The summed E-state index contributed by atoms with van der Waals surface area (Å²) in [5.41, 5.74) is 5.26. The monoisotopic (exact) mass is 409 g/mol. The van der Waals surface area contributed by atoms with Crippen molar-refractivity contribution in [3.05, 3.63) is 57.2 Å². The van der Waals surface area contributed by atoms with Crippen molar-refractivity contribution in [3.8, 4) is 5.75 Å². The third-order valence-electron chi connectivity index (χ3n) is 2.96. The number of phenols is 1. The minimum atomic E-state index is -0.229. The molecule has 5 nitrogen and oxygen atoms in total. The third kappa shape index (κ3) is 4.73. The number of carbonyl (C=O) groups is 1. The second-order valence-corrected chi connectivity index (χ2v) is 5.83. The van der Waals surface area contributed by atoms with Crippen LogP contribution in [0.25, 0.3) is 0 Å². The maximum Gasteiger partial charge on any atom is 0.259 e. The van der Waals surface area contributed by atoms with Gasteiger partial charge >= 0.3 is 0 Å². The zero-order chi connectivity index (χ0) is 15.9. The van der Waals surface area contributed by atoms with E-state index in [0.717, 1.165) is 20.4 Å². The molecule has 0 bridgehead atoms. The summed E-state index contributed by atoms with van der Waals surface area (Å²) in [6.45, 7) is 2.13. The zero-order valence-corrected chi connectivity index (χ0v) is 14.2. The molecule has 0 aliphatic heterocycles. The molecule has 0 spiro atoms. The Morgan fingerprint density at radius 1 is 1.32 bits per heavy atom. The number of hydrazone groups is 1. The Morgan fingerprint density at radius 3 is 2.82 bits per heavy atom. The van der Waals surface area contributed by atoms with E-state index in [2.05, 4.69) is 15.8 Å². The Bertz CT molecular complexity index is 702. The molecule has 1 amide bonds. The standard InChI is InChI=1S/C16H16IN3O2/c1-11-4-2-3-5-14(11)18-10-16(22)20-19-9-12-6-7-15(21)13(17)8-12/h2-9,18,21H,10H2,1H3,(H,20,22)/b19-9+. The molecule has 3 N–H and O–H groups in total. The van der Waals surface area contributed by atoms with Gasteiger partial charge in [0.2, 0.25) is 0 Å². The number of amides is 1. The smallest absolute Gasteiger partial charge is 0.259 e. The molecule has 0 radical (unpaired) electrons. The summed E-state index contributed by atoms with van der Waals surface area (Å²) in [6, 6.07) is 12.8. The molecule has 0 aliphatic rings. The molecule has 0 saturated carbocycles. The first kappa shape index (κ1) is 16.3. The summed E-state index contributed by atoms with van der Waals surface area (Å²) in [4.78, 5) is 11.7. The average Bonchev–Trinajstić information content (AvgIpc) is 2.50. The Kier molecular flexibility index (Phi) is 5.76. The molecule has 0 aromatic heterocycles. The molecule has 2 rings (SSSR count). The lowest BCUT2D eigenvalue weighted by molar-refractivity contribution is -0.119. The van der Waals surface area contributed by atoms with Crippen LogP contribution in [0.4, 0.5) is 5.69 Å². The minimum absolute atomic E-state index is 0.148. The number of nitrogens with zero attached hydrogens (tertiary/aromatic N) is 1. The van der Waals surface area contributed by atoms with Gasteiger partial charge in [-0.15, -0.1) is 0 Å². The molecule has 6 heteroatoms. The Labute approximate surface area is 142 Å². The molecule has 2 aromatic rings. The SMILES string of the molecule is Cc1ccccc1NCC(=O)N/N=C/c1ccc(O)c(I)c1. The number of aromatic hydroxyl groups is 1. The zero-order valence-electron chi connectivity index (χ0n) is 12.0. The largest absolute Gasteiger partial charge is 0.507 e. The molecule has 114 valence electrons. The molecule has 0 atom stereocenters. The number of nitrogens with one attached hydrogen (secondary N) is 2. The van der Waals surface area contributed by atoms with Gasteiger partial charge in [-0.05, 0) is 64.9 Å². The van der Waals surface area contributed by atoms with Crippen molar-refractivity contribution in [2.45, 2.75) is 6.92 Å². The van der Waals surface area contributed by atoms with E-state index < -0.39 is 0 Å². The van der Waals surface area contributed by atoms with Crippen molar-refractivity contribution < 1.29 is 9.90 Å². The summed E-state index contributed by atoms with van der Waals surface area (Å²) in [5, 5.41) is 16.4. The van der Waals surface area contributed by atoms with E-state index in [1.807, 2.05) is 53.8 Å².